The number of anilines is 4. The molecule has 53 heavy (non-hydrogen) atoms. The number of carbonyl (C=O) groups excluding carboxylic acids is 5. The Morgan fingerprint density at radius 3 is 1.53 bits per heavy atom. The van der Waals surface area contributed by atoms with Crippen molar-refractivity contribution < 1.29 is 29.1 Å². The maximum atomic E-state index is 13.3. The van der Waals surface area contributed by atoms with Gasteiger partial charge >= 0.3 is 12.1 Å². The monoisotopic (exact) mass is 746 g/mol. The van der Waals surface area contributed by atoms with E-state index < -0.39 is 29.6 Å². The van der Waals surface area contributed by atoms with E-state index in [0.29, 0.717) is 38.2 Å². The number of carbonyl (C=O) groups is 5. The number of imide groups is 2. The molecule has 6 aromatic carbocycles. The molecule has 0 fully saturated rings. The Balaban J connectivity index is 0.000000247. The van der Waals surface area contributed by atoms with Crippen LogP contribution in [0, 0.1) is 0 Å². The van der Waals surface area contributed by atoms with Crippen molar-refractivity contribution in [1.82, 2.24) is 0 Å². The predicted octanol–water partition coefficient (Wildman–Crippen LogP) is 7.37. The maximum Gasteiger partial charge on any atom is 0.326 e. The zero-order valence-electron chi connectivity index (χ0n) is 27.4. The Morgan fingerprint density at radius 2 is 1.04 bits per heavy atom. The van der Waals surface area contributed by atoms with Gasteiger partial charge in [-0.05, 0) is 94.7 Å². The van der Waals surface area contributed by atoms with Gasteiger partial charge in [0.05, 0.1) is 27.0 Å². The molecule has 0 heterocycles. The largest absolute Gasteiger partial charge is 0.507 e. The summed E-state index contributed by atoms with van der Waals surface area (Å²) in [6.45, 7) is 0. The van der Waals surface area contributed by atoms with Gasteiger partial charge in [0, 0.05) is 28.1 Å². The van der Waals surface area contributed by atoms with Crippen LogP contribution in [0.2, 0.25) is 10.0 Å². The van der Waals surface area contributed by atoms with Crippen molar-refractivity contribution in [2.45, 2.75) is 0 Å². The minimum Gasteiger partial charge on any atom is -0.507 e. The normalized spacial score (nSPS) is 11.2. The summed E-state index contributed by atoms with van der Waals surface area (Å²) in [5.74, 6) is -2.13. The van der Waals surface area contributed by atoms with E-state index >= 15 is 0 Å². The van der Waals surface area contributed by atoms with Gasteiger partial charge in [-0.25, -0.2) is 19.4 Å². The third kappa shape index (κ3) is 6.91. The molecule has 7 rings (SSSR count). The molecular formula is C39H28Cl2N6O6. The fourth-order valence-corrected chi connectivity index (χ4v) is 6.32. The summed E-state index contributed by atoms with van der Waals surface area (Å²) in [5, 5.41) is 11.6. The third-order valence-electron chi connectivity index (χ3n) is 8.33. The Kier molecular flexibility index (Phi) is 9.75. The molecule has 1 aliphatic carbocycles. The van der Waals surface area contributed by atoms with E-state index in [4.69, 9.17) is 46.1 Å². The summed E-state index contributed by atoms with van der Waals surface area (Å²) in [6, 6.07) is 27.8. The zero-order valence-corrected chi connectivity index (χ0v) is 28.9. The van der Waals surface area contributed by atoms with Crippen LogP contribution in [0.3, 0.4) is 0 Å². The minimum atomic E-state index is -1.11. The maximum absolute atomic E-state index is 13.3. The van der Waals surface area contributed by atoms with Crippen molar-refractivity contribution in [2.24, 2.45) is 11.5 Å². The molecule has 0 bridgehead atoms. The van der Waals surface area contributed by atoms with Crippen molar-refractivity contribution in [3.05, 3.63) is 148 Å². The van der Waals surface area contributed by atoms with Crippen LogP contribution in [0.4, 0.5) is 32.3 Å². The molecule has 264 valence electrons. The second-order valence-electron chi connectivity index (χ2n) is 11.7. The first-order chi connectivity index (χ1) is 25.3. The molecule has 0 aromatic heterocycles. The summed E-state index contributed by atoms with van der Waals surface area (Å²) in [5.41, 5.74) is 26.6. The van der Waals surface area contributed by atoms with Crippen LogP contribution in [0.15, 0.2) is 115 Å². The van der Waals surface area contributed by atoms with Gasteiger partial charge in [-0.2, -0.15) is 0 Å². The molecule has 6 aromatic rings. The molecule has 0 atom stereocenters. The lowest BCUT2D eigenvalue weighted by molar-refractivity contribution is 0.0985. The molecule has 0 saturated heterocycles. The van der Waals surface area contributed by atoms with Gasteiger partial charge < -0.3 is 28.0 Å². The number of hydrogen-bond acceptors (Lipinski definition) is 8. The molecule has 12 nitrogen and oxygen atoms in total. The zero-order chi connectivity index (χ0) is 38.1. The Bertz CT molecular complexity index is 2470. The number of hydrogen-bond donors (Lipinski definition) is 5. The lowest BCUT2D eigenvalue weighted by Crippen LogP contribution is -2.41. The van der Waals surface area contributed by atoms with Gasteiger partial charge in [-0.3, -0.25) is 14.4 Å². The number of fused-ring (bicyclic) bond motifs is 4. The van der Waals surface area contributed by atoms with Crippen LogP contribution in [0.25, 0.3) is 21.9 Å². The van der Waals surface area contributed by atoms with Crippen LogP contribution >= 0.6 is 23.2 Å². The number of ketones is 1. The van der Waals surface area contributed by atoms with E-state index in [1.54, 1.807) is 48.5 Å². The lowest BCUT2D eigenvalue weighted by atomic mass is 10.0. The number of nitrogens with zero attached hydrogens (tertiary/aromatic N) is 2. The summed E-state index contributed by atoms with van der Waals surface area (Å²) in [4.78, 5) is 64.3. The second kappa shape index (κ2) is 14.4. The topological polar surface area (TPSA) is 216 Å². The van der Waals surface area contributed by atoms with E-state index in [-0.39, 0.29) is 38.3 Å². The van der Waals surface area contributed by atoms with Crippen molar-refractivity contribution in [2.75, 3.05) is 21.3 Å². The molecule has 14 heteroatoms. The molecular weight excluding hydrogens is 719 g/mol. The summed E-state index contributed by atoms with van der Waals surface area (Å²) in [6.07, 6.45) is 0. The number of benzene rings is 6. The van der Waals surface area contributed by atoms with Crippen molar-refractivity contribution >= 4 is 86.4 Å². The number of amides is 6. The quantitative estimate of drug-likeness (QED) is 0.114. The van der Waals surface area contributed by atoms with Gasteiger partial charge in [-0.15, -0.1) is 0 Å². The number of urea groups is 2. The number of phenolic OH excluding ortho intramolecular Hbond substituents is 1. The van der Waals surface area contributed by atoms with E-state index in [0.717, 1.165) is 16.0 Å². The van der Waals surface area contributed by atoms with Crippen molar-refractivity contribution in [3.8, 4) is 16.9 Å². The first kappa shape index (κ1) is 35.9. The number of nitrogens with two attached hydrogens (primary N) is 4. The average Bonchev–Trinajstić information content (AvgIpc) is 3.39. The van der Waals surface area contributed by atoms with Crippen molar-refractivity contribution in [3.63, 3.8) is 0 Å². The van der Waals surface area contributed by atoms with Crippen LogP contribution in [-0.4, -0.2) is 34.8 Å². The van der Waals surface area contributed by atoms with E-state index in [9.17, 15) is 29.1 Å². The second-order valence-corrected chi connectivity index (χ2v) is 12.5. The SMILES string of the molecule is NC(=O)N(C(=O)c1ccc2cc(O)c(C(=O)N(C(N)=O)c3ccccc3Cl)cc2c1)c1ccccc1Cl.Nc1ccc2c(c1)C(=O)c1cc(N)ccc1-2. The van der Waals surface area contributed by atoms with E-state index in [1.807, 2.05) is 12.1 Å². The van der Waals surface area contributed by atoms with Gasteiger partial charge in [0.25, 0.3) is 11.8 Å². The highest BCUT2D eigenvalue weighted by molar-refractivity contribution is 6.36. The molecule has 0 unspecified atom stereocenters. The highest BCUT2D eigenvalue weighted by Gasteiger charge is 2.29. The number of nitrogen functional groups attached to an aromatic ring is 2. The van der Waals surface area contributed by atoms with Gasteiger partial charge in [0.1, 0.15) is 5.75 Å². The summed E-state index contributed by atoms with van der Waals surface area (Å²) in [7, 11) is 0. The molecule has 0 saturated carbocycles. The number of halogens is 2. The lowest BCUT2D eigenvalue weighted by Gasteiger charge is -2.21. The Morgan fingerprint density at radius 1 is 0.547 bits per heavy atom. The molecule has 6 amide bonds. The van der Waals surface area contributed by atoms with Crippen molar-refractivity contribution in [1.29, 1.82) is 0 Å². The van der Waals surface area contributed by atoms with Crippen LogP contribution in [0.5, 0.6) is 5.75 Å². The fourth-order valence-electron chi connectivity index (χ4n) is 5.88. The third-order valence-corrected chi connectivity index (χ3v) is 8.97. The summed E-state index contributed by atoms with van der Waals surface area (Å²) < 4.78 is 0. The van der Waals surface area contributed by atoms with Gasteiger partial charge in [0.2, 0.25) is 0 Å². The Hall–Kier alpha value is -6.89. The minimum absolute atomic E-state index is 0.00426. The number of rotatable bonds is 4. The first-order valence-electron chi connectivity index (χ1n) is 15.6. The van der Waals surface area contributed by atoms with E-state index in [2.05, 4.69) is 0 Å². The smallest absolute Gasteiger partial charge is 0.326 e. The molecule has 0 spiro atoms. The number of primary amides is 2. The van der Waals surface area contributed by atoms with Crippen LogP contribution in [-0.2, 0) is 0 Å². The fraction of sp³-hybridized carbons (Fsp3) is 0. The molecule has 0 radical (unpaired) electrons. The predicted molar refractivity (Wildman–Crippen MR) is 205 cm³/mol. The highest BCUT2D eigenvalue weighted by atomic mass is 35.5. The highest BCUT2D eigenvalue weighted by Crippen LogP contribution is 2.38. The molecule has 0 aliphatic heterocycles. The summed E-state index contributed by atoms with van der Waals surface area (Å²) >= 11 is 12.3. The number of phenols is 1. The molecule has 9 N–H and O–H groups in total. The van der Waals surface area contributed by atoms with Crippen LogP contribution < -0.4 is 32.7 Å². The van der Waals surface area contributed by atoms with E-state index in [1.165, 1.54) is 54.6 Å². The number of aromatic hydroxyl groups is 1. The molecule has 1 aliphatic rings. The standard InChI is InChI=1S/C26H18Cl2N4O5.C13H10N2O/c27-18-5-1-3-7-20(18)31(25(29)36)23(34)15-10-9-14-13-22(33)17(12-16(14)11-15)24(35)32(26(30)37)21-8-4-2-6-19(21)28;14-7-1-3-9-10-4-2-8(15)6-12(10)13(16)11(9)5-7/h1-13,33H,(H2,29,36)(H2,30,37);1-6H,14-15H2. The average molecular weight is 748 g/mol. The van der Waals surface area contributed by atoms with Crippen LogP contribution in [0.1, 0.15) is 36.6 Å². The Labute approximate surface area is 311 Å². The number of para-hydroxylation sites is 2. The van der Waals surface area contributed by atoms with Gasteiger partial charge in [0.15, 0.2) is 5.78 Å². The first-order valence-corrected chi connectivity index (χ1v) is 16.4. The van der Waals surface area contributed by atoms with Gasteiger partial charge in [-0.1, -0.05) is 65.7 Å².